The van der Waals surface area contributed by atoms with E-state index in [1.54, 1.807) is 12.0 Å². The van der Waals surface area contributed by atoms with Crippen LogP contribution in [0.5, 0.6) is 5.75 Å². The summed E-state index contributed by atoms with van der Waals surface area (Å²) in [5.41, 5.74) is 2.52. The number of anilines is 1. The molecule has 136 valence electrons. The first-order chi connectivity index (χ1) is 12.5. The Bertz CT molecular complexity index is 920. The number of fused-ring (bicyclic) bond motifs is 1. The molecular formula is C20H23N3O2S. The van der Waals surface area contributed by atoms with E-state index in [-0.39, 0.29) is 5.91 Å². The van der Waals surface area contributed by atoms with E-state index < -0.39 is 0 Å². The third-order valence-electron chi connectivity index (χ3n) is 4.21. The Morgan fingerprint density at radius 2 is 1.92 bits per heavy atom. The number of hydrogen-bond acceptors (Lipinski definition) is 5. The molecule has 0 saturated carbocycles. The van der Waals surface area contributed by atoms with E-state index in [4.69, 9.17) is 9.72 Å². The van der Waals surface area contributed by atoms with E-state index >= 15 is 0 Å². The molecule has 0 aliphatic rings. The monoisotopic (exact) mass is 369 g/mol. The molecule has 0 radical (unpaired) electrons. The predicted molar refractivity (Wildman–Crippen MR) is 108 cm³/mol. The summed E-state index contributed by atoms with van der Waals surface area (Å²) in [6.45, 7) is 3.30. The van der Waals surface area contributed by atoms with Gasteiger partial charge in [0, 0.05) is 24.7 Å². The van der Waals surface area contributed by atoms with Crippen molar-refractivity contribution in [1.82, 2.24) is 9.88 Å². The molecule has 0 atom stereocenters. The number of carbonyl (C=O) groups excluding carboxylic acids is 1. The van der Waals surface area contributed by atoms with Crippen molar-refractivity contribution >= 4 is 32.6 Å². The number of thiazole rings is 1. The molecule has 0 aliphatic heterocycles. The molecule has 1 heterocycles. The van der Waals surface area contributed by atoms with Gasteiger partial charge >= 0.3 is 0 Å². The molecule has 26 heavy (non-hydrogen) atoms. The normalized spacial score (nSPS) is 11.1. The molecule has 0 N–H and O–H groups in total. The van der Waals surface area contributed by atoms with Gasteiger partial charge in [-0.3, -0.25) is 9.69 Å². The smallest absolute Gasteiger partial charge is 0.260 e. The lowest BCUT2D eigenvalue weighted by Crippen LogP contribution is -2.37. The Hall–Kier alpha value is -2.44. The number of rotatable bonds is 6. The van der Waals surface area contributed by atoms with Gasteiger partial charge in [0.25, 0.3) is 5.91 Å². The zero-order chi connectivity index (χ0) is 18.7. The Balaban J connectivity index is 2.00. The highest BCUT2D eigenvalue weighted by Gasteiger charge is 2.22. The Kier molecular flexibility index (Phi) is 5.54. The molecule has 2 aromatic carbocycles. The first kappa shape index (κ1) is 18.4. The molecule has 0 fully saturated rings. The molecule has 1 aromatic heterocycles. The molecule has 5 nitrogen and oxygen atoms in total. The first-order valence-corrected chi connectivity index (χ1v) is 9.28. The molecule has 3 aromatic rings. The van der Waals surface area contributed by atoms with Gasteiger partial charge in [-0.1, -0.05) is 29.5 Å². The molecule has 6 heteroatoms. The van der Waals surface area contributed by atoms with Gasteiger partial charge in [0.2, 0.25) is 0 Å². The van der Waals surface area contributed by atoms with Crippen LogP contribution in [0.2, 0.25) is 0 Å². The lowest BCUT2D eigenvalue weighted by atomic mass is 10.1. The summed E-state index contributed by atoms with van der Waals surface area (Å²) in [6, 6.07) is 13.5. The summed E-state index contributed by atoms with van der Waals surface area (Å²) in [5.74, 6) is 0.746. The number of carbonyl (C=O) groups is 1. The number of benzene rings is 2. The molecule has 0 unspecified atom stereocenters. The molecule has 0 saturated heterocycles. The van der Waals surface area contributed by atoms with Crippen LogP contribution in [0.15, 0.2) is 42.5 Å². The van der Waals surface area contributed by atoms with Gasteiger partial charge in [0.15, 0.2) is 5.13 Å². The summed E-state index contributed by atoms with van der Waals surface area (Å²) >= 11 is 1.52. The zero-order valence-electron chi connectivity index (χ0n) is 15.5. The second kappa shape index (κ2) is 7.85. The van der Waals surface area contributed by atoms with Crippen molar-refractivity contribution in [2.45, 2.75) is 6.92 Å². The van der Waals surface area contributed by atoms with Crippen molar-refractivity contribution in [2.24, 2.45) is 0 Å². The summed E-state index contributed by atoms with van der Waals surface area (Å²) in [5, 5.41) is 0.711. The molecule has 1 amide bonds. The van der Waals surface area contributed by atoms with Gasteiger partial charge in [0.05, 0.1) is 17.3 Å². The number of nitrogens with zero attached hydrogens (tertiary/aromatic N) is 3. The minimum absolute atomic E-state index is 0.0176. The standard InChI is InChI=1S/C20H23N3O2S/c1-14-7-5-6-8-16(14)19(24)23(12-11-22(2)3)20-21-17-13-15(25-4)9-10-18(17)26-20/h5-10,13H,11-12H2,1-4H3. The number of amides is 1. The average Bonchev–Trinajstić information content (AvgIpc) is 3.04. The highest BCUT2D eigenvalue weighted by atomic mass is 32.1. The number of aromatic nitrogens is 1. The van der Waals surface area contributed by atoms with Crippen molar-refractivity contribution in [3.8, 4) is 5.75 Å². The zero-order valence-corrected chi connectivity index (χ0v) is 16.3. The van der Waals surface area contributed by atoms with Crippen molar-refractivity contribution in [3.05, 3.63) is 53.6 Å². The maximum Gasteiger partial charge on any atom is 0.260 e. The maximum absolute atomic E-state index is 13.2. The van der Waals surface area contributed by atoms with Gasteiger partial charge in [0.1, 0.15) is 5.75 Å². The second-order valence-electron chi connectivity index (χ2n) is 6.41. The fraction of sp³-hybridized carbons (Fsp3) is 0.300. The fourth-order valence-corrected chi connectivity index (χ4v) is 3.65. The predicted octanol–water partition coefficient (Wildman–Crippen LogP) is 3.82. The van der Waals surface area contributed by atoms with Crippen LogP contribution >= 0.6 is 11.3 Å². The summed E-state index contributed by atoms with van der Waals surface area (Å²) < 4.78 is 6.32. The SMILES string of the molecule is COc1ccc2sc(N(CCN(C)C)C(=O)c3ccccc3C)nc2c1. The van der Waals surface area contributed by atoms with E-state index in [9.17, 15) is 4.79 Å². The summed E-state index contributed by atoms with van der Waals surface area (Å²) in [6.07, 6.45) is 0. The van der Waals surface area contributed by atoms with Crippen LogP contribution in [0.1, 0.15) is 15.9 Å². The van der Waals surface area contributed by atoms with Gasteiger partial charge in [-0.25, -0.2) is 4.98 Å². The number of hydrogen-bond donors (Lipinski definition) is 0. The van der Waals surface area contributed by atoms with E-state index in [0.717, 1.165) is 28.1 Å². The Labute approximate surface area is 157 Å². The largest absolute Gasteiger partial charge is 0.497 e. The van der Waals surface area contributed by atoms with Gasteiger partial charge in [-0.15, -0.1) is 0 Å². The summed E-state index contributed by atoms with van der Waals surface area (Å²) in [4.78, 5) is 21.8. The van der Waals surface area contributed by atoms with E-state index in [0.29, 0.717) is 17.2 Å². The average molecular weight is 369 g/mol. The van der Waals surface area contributed by atoms with Crippen molar-refractivity contribution in [2.75, 3.05) is 39.2 Å². The van der Waals surface area contributed by atoms with Crippen LogP contribution in [0.3, 0.4) is 0 Å². The van der Waals surface area contributed by atoms with Crippen LogP contribution in [0.25, 0.3) is 10.2 Å². The topological polar surface area (TPSA) is 45.7 Å². The van der Waals surface area contributed by atoms with Crippen molar-refractivity contribution in [1.29, 1.82) is 0 Å². The first-order valence-electron chi connectivity index (χ1n) is 8.46. The van der Waals surface area contributed by atoms with Crippen molar-refractivity contribution in [3.63, 3.8) is 0 Å². The maximum atomic E-state index is 13.2. The number of ether oxygens (including phenoxy) is 1. The Morgan fingerprint density at radius 3 is 2.62 bits per heavy atom. The molecule has 0 aliphatic carbocycles. The summed E-state index contributed by atoms with van der Waals surface area (Å²) in [7, 11) is 5.64. The molecular weight excluding hydrogens is 346 g/mol. The van der Waals surface area contributed by atoms with Crippen LogP contribution < -0.4 is 9.64 Å². The quantitative estimate of drug-likeness (QED) is 0.663. The number of methoxy groups -OCH3 is 1. The lowest BCUT2D eigenvalue weighted by Gasteiger charge is -2.22. The highest BCUT2D eigenvalue weighted by Crippen LogP contribution is 2.32. The van der Waals surface area contributed by atoms with E-state index in [1.807, 2.05) is 63.5 Å². The van der Waals surface area contributed by atoms with Crippen LogP contribution in [-0.2, 0) is 0 Å². The van der Waals surface area contributed by atoms with Crippen LogP contribution in [0.4, 0.5) is 5.13 Å². The van der Waals surface area contributed by atoms with Gasteiger partial charge in [-0.05, 0) is 44.8 Å². The number of likely N-dealkylation sites (N-methyl/N-ethyl adjacent to an activating group) is 1. The van der Waals surface area contributed by atoms with Crippen LogP contribution in [-0.4, -0.2) is 50.1 Å². The third-order valence-corrected chi connectivity index (χ3v) is 5.27. The van der Waals surface area contributed by atoms with E-state index in [2.05, 4.69) is 4.90 Å². The highest BCUT2D eigenvalue weighted by molar-refractivity contribution is 7.22. The molecule has 3 rings (SSSR count). The van der Waals surface area contributed by atoms with E-state index in [1.165, 1.54) is 11.3 Å². The lowest BCUT2D eigenvalue weighted by molar-refractivity contribution is 0.0984. The minimum atomic E-state index is -0.0176. The molecule has 0 spiro atoms. The van der Waals surface area contributed by atoms with Crippen molar-refractivity contribution < 1.29 is 9.53 Å². The van der Waals surface area contributed by atoms with Gasteiger partial charge < -0.3 is 9.64 Å². The fourth-order valence-electron chi connectivity index (χ4n) is 2.68. The third kappa shape index (κ3) is 3.86. The minimum Gasteiger partial charge on any atom is -0.497 e. The number of aryl methyl sites for hydroxylation is 1. The Morgan fingerprint density at radius 1 is 1.15 bits per heavy atom. The van der Waals surface area contributed by atoms with Gasteiger partial charge in [-0.2, -0.15) is 0 Å². The molecule has 0 bridgehead atoms. The van der Waals surface area contributed by atoms with Crippen LogP contribution in [0, 0.1) is 6.92 Å². The second-order valence-corrected chi connectivity index (χ2v) is 7.41.